The quantitative estimate of drug-likeness (QED) is 0.860. The molecule has 10 heteroatoms. The number of carboxylic acid groups (broad SMARTS) is 1. The molecule has 1 aromatic carbocycles. The first-order valence-corrected chi connectivity index (χ1v) is 6.58. The molecule has 0 aliphatic carbocycles. The minimum atomic E-state index is -3.69. The monoisotopic (exact) mass is 315 g/mol. The Morgan fingerprint density at radius 2 is 2.14 bits per heavy atom. The molecule has 0 amide bonds. The number of hydrogen-bond acceptors (Lipinski definition) is 6. The largest absolute Gasteiger partial charge is 0.586 e. The molecule has 0 unspecified atom stereocenters. The fraction of sp³-hybridized carbons (Fsp3) is 0.182. The molecule has 2 aromatic rings. The third-order valence-corrected chi connectivity index (χ3v) is 3.43. The summed E-state index contributed by atoms with van der Waals surface area (Å²) < 4.78 is 36.0. The molecule has 1 N–H and O–H groups in total. The van der Waals surface area contributed by atoms with Gasteiger partial charge in [-0.1, -0.05) is 11.8 Å². The summed E-state index contributed by atoms with van der Waals surface area (Å²) in [6.45, 7) is 0. The molecular weight excluding hydrogens is 308 g/mol. The number of halogens is 2. The first-order valence-electron chi connectivity index (χ1n) is 5.59. The number of aromatic nitrogens is 3. The summed E-state index contributed by atoms with van der Waals surface area (Å²) >= 11 is 0.959. The van der Waals surface area contributed by atoms with Crippen molar-refractivity contribution in [3.8, 4) is 17.2 Å². The van der Waals surface area contributed by atoms with Crippen molar-refractivity contribution in [2.75, 3.05) is 5.75 Å². The normalized spacial score (nSPS) is 15.1. The first-order chi connectivity index (χ1) is 9.94. The fourth-order valence-electron chi connectivity index (χ4n) is 1.71. The summed E-state index contributed by atoms with van der Waals surface area (Å²) in [5.41, 5.74) is 0.452. The Morgan fingerprint density at radius 3 is 2.90 bits per heavy atom. The molecule has 0 saturated heterocycles. The van der Waals surface area contributed by atoms with Crippen LogP contribution in [0.5, 0.6) is 11.5 Å². The maximum Gasteiger partial charge on any atom is 0.586 e. The molecular formula is C11H7F2N3O4S. The lowest BCUT2D eigenvalue weighted by molar-refractivity contribution is -0.286. The Kier molecular flexibility index (Phi) is 3.16. The van der Waals surface area contributed by atoms with Gasteiger partial charge in [-0.3, -0.25) is 9.36 Å². The number of fused-ring (bicyclic) bond motifs is 1. The van der Waals surface area contributed by atoms with Gasteiger partial charge in [-0.2, -0.15) is 0 Å². The van der Waals surface area contributed by atoms with Crippen molar-refractivity contribution < 1.29 is 28.2 Å². The van der Waals surface area contributed by atoms with Crippen LogP contribution in [-0.2, 0) is 4.79 Å². The van der Waals surface area contributed by atoms with E-state index in [4.69, 9.17) is 5.11 Å². The molecule has 0 radical (unpaired) electrons. The Morgan fingerprint density at radius 1 is 1.38 bits per heavy atom. The van der Waals surface area contributed by atoms with E-state index >= 15 is 0 Å². The Labute approximate surface area is 120 Å². The zero-order valence-electron chi connectivity index (χ0n) is 10.2. The maximum absolute atomic E-state index is 13.0. The van der Waals surface area contributed by atoms with Crippen molar-refractivity contribution in [2.24, 2.45) is 0 Å². The molecule has 0 saturated carbocycles. The predicted molar refractivity (Wildman–Crippen MR) is 65.9 cm³/mol. The van der Waals surface area contributed by atoms with E-state index in [2.05, 4.69) is 19.7 Å². The average Bonchev–Trinajstić information content (AvgIpc) is 2.96. The van der Waals surface area contributed by atoms with Gasteiger partial charge in [0.25, 0.3) is 0 Å². The number of nitrogens with zero attached hydrogens (tertiary/aromatic N) is 3. The van der Waals surface area contributed by atoms with Crippen LogP contribution >= 0.6 is 11.8 Å². The van der Waals surface area contributed by atoms with E-state index in [1.54, 1.807) is 0 Å². The lowest BCUT2D eigenvalue weighted by atomic mass is 10.3. The first kappa shape index (κ1) is 13.6. The summed E-state index contributed by atoms with van der Waals surface area (Å²) in [5.74, 6) is -1.38. The summed E-state index contributed by atoms with van der Waals surface area (Å²) in [5, 5.41) is 16.4. The molecule has 0 atom stereocenters. The van der Waals surface area contributed by atoms with Crippen LogP contribution in [0.25, 0.3) is 5.69 Å². The number of thioether (sulfide) groups is 1. The Hall–Kier alpha value is -2.36. The van der Waals surface area contributed by atoms with Gasteiger partial charge in [0.05, 0.1) is 11.4 Å². The van der Waals surface area contributed by atoms with Crippen molar-refractivity contribution in [3.05, 3.63) is 24.5 Å². The molecule has 2 heterocycles. The van der Waals surface area contributed by atoms with Gasteiger partial charge in [0, 0.05) is 6.07 Å². The lowest BCUT2D eigenvalue weighted by Gasteiger charge is -2.06. The molecule has 1 aliphatic heterocycles. The topological polar surface area (TPSA) is 86.5 Å². The van der Waals surface area contributed by atoms with Gasteiger partial charge in [0.1, 0.15) is 6.33 Å². The van der Waals surface area contributed by atoms with Crippen molar-refractivity contribution in [2.45, 2.75) is 11.5 Å². The van der Waals surface area contributed by atoms with Crippen molar-refractivity contribution in [1.29, 1.82) is 0 Å². The highest BCUT2D eigenvalue weighted by atomic mass is 32.2. The summed E-state index contributed by atoms with van der Waals surface area (Å²) in [6.07, 6.45) is -2.34. The molecule has 110 valence electrons. The number of hydrogen-bond donors (Lipinski definition) is 1. The molecule has 3 rings (SSSR count). The van der Waals surface area contributed by atoms with Crippen LogP contribution < -0.4 is 9.47 Å². The maximum atomic E-state index is 13.0. The lowest BCUT2D eigenvalue weighted by Crippen LogP contribution is -2.25. The van der Waals surface area contributed by atoms with Gasteiger partial charge in [-0.05, 0) is 12.1 Å². The predicted octanol–water partition coefficient (Wildman–Crippen LogP) is 1.77. The molecule has 0 fully saturated rings. The van der Waals surface area contributed by atoms with E-state index in [0.717, 1.165) is 11.8 Å². The number of aliphatic carboxylic acids is 1. The highest BCUT2D eigenvalue weighted by Crippen LogP contribution is 2.42. The zero-order chi connectivity index (χ0) is 15.0. The van der Waals surface area contributed by atoms with Gasteiger partial charge in [-0.25, -0.2) is 0 Å². The average molecular weight is 315 g/mol. The standard InChI is InChI=1S/C11H7F2N3O4S/c12-11(13)19-7-2-1-6(3-8(7)20-11)16-5-14-15-10(16)21-4-9(17)18/h1-3,5H,4H2,(H,17,18). The van der Waals surface area contributed by atoms with Gasteiger partial charge in [0.2, 0.25) is 0 Å². The Balaban J connectivity index is 1.89. The highest BCUT2D eigenvalue weighted by molar-refractivity contribution is 7.99. The smallest absolute Gasteiger partial charge is 0.481 e. The highest BCUT2D eigenvalue weighted by Gasteiger charge is 2.43. The van der Waals surface area contributed by atoms with Crippen LogP contribution in [0, 0.1) is 0 Å². The number of ether oxygens (including phenoxy) is 2. The molecule has 21 heavy (non-hydrogen) atoms. The molecule has 1 aromatic heterocycles. The van der Waals surface area contributed by atoms with Crippen molar-refractivity contribution in [1.82, 2.24) is 14.8 Å². The van der Waals surface area contributed by atoms with Crippen LogP contribution in [0.3, 0.4) is 0 Å². The Bertz CT molecular complexity index is 707. The number of carboxylic acids is 1. The minimum Gasteiger partial charge on any atom is -0.481 e. The van der Waals surface area contributed by atoms with Crippen LogP contribution in [-0.4, -0.2) is 37.9 Å². The van der Waals surface area contributed by atoms with Crippen LogP contribution in [0.4, 0.5) is 8.78 Å². The number of carbonyl (C=O) groups is 1. The second-order valence-corrected chi connectivity index (χ2v) is 4.91. The number of benzene rings is 1. The third-order valence-electron chi connectivity index (χ3n) is 2.50. The molecule has 1 aliphatic rings. The summed E-state index contributed by atoms with van der Waals surface area (Å²) in [6, 6.07) is 4.18. The number of alkyl halides is 2. The van der Waals surface area contributed by atoms with Crippen LogP contribution in [0.1, 0.15) is 0 Å². The van der Waals surface area contributed by atoms with Gasteiger partial charge >= 0.3 is 12.3 Å². The molecule has 0 bridgehead atoms. The second-order valence-electron chi connectivity index (χ2n) is 3.96. The van der Waals surface area contributed by atoms with E-state index in [9.17, 15) is 13.6 Å². The van der Waals surface area contributed by atoms with E-state index in [1.807, 2.05) is 0 Å². The van der Waals surface area contributed by atoms with E-state index in [0.29, 0.717) is 10.8 Å². The summed E-state index contributed by atoms with van der Waals surface area (Å²) in [4.78, 5) is 10.6. The fourth-order valence-corrected chi connectivity index (χ4v) is 2.36. The van der Waals surface area contributed by atoms with Gasteiger partial charge in [0.15, 0.2) is 16.7 Å². The molecule has 7 nitrogen and oxygen atoms in total. The zero-order valence-corrected chi connectivity index (χ0v) is 11.0. The van der Waals surface area contributed by atoms with Crippen LogP contribution in [0.2, 0.25) is 0 Å². The van der Waals surface area contributed by atoms with Crippen molar-refractivity contribution >= 4 is 17.7 Å². The third kappa shape index (κ3) is 2.75. The summed E-state index contributed by atoms with van der Waals surface area (Å²) in [7, 11) is 0. The minimum absolute atomic E-state index is 0.0726. The second kappa shape index (κ2) is 4.88. The SMILES string of the molecule is O=C(O)CSc1nncn1-c1ccc2c(c1)OC(F)(F)O2. The van der Waals surface area contributed by atoms with Crippen LogP contribution in [0.15, 0.2) is 29.7 Å². The van der Waals surface area contributed by atoms with Crippen molar-refractivity contribution in [3.63, 3.8) is 0 Å². The van der Waals surface area contributed by atoms with E-state index < -0.39 is 12.3 Å². The van der Waals surface area contributed by atoms with E-state index in [-0.39, 0.29) is 17.3 Å². The molecule has 0 spiro atoms. The van der Waals surface area contributed by atoms with Gasteiger partial charge < -0.3 is 14.6 Å². The van der Waals surface area contributed by atoms with E-state index in [1.165, 1.54) is 29.1 Å². The van der Waals surface area contributed by atoms with Gasteiger partial charge in [-0.15, -0.1) is 19.0 Å². The number of rotatable bonds is 4.